The fourth-order valence-corrected chi connectivity index (χ4v) is 2.49. The first-order valence-corrected chi connectivity index (χ1v) is 9.29. The number of benzene rings is 2. The van der Waals surface area contributed by atoms with Crippen LogP contribution in [0.2, 0.25) is 0 Å². The average molecular weight is 456 g/mol. The van der Waals surface area contributed by atoms with Crippen molar-refractivity contribution < 1.29 is 27.8 Å². The molecule has 10 heteroatoms. The Bertz CT molecular complexity index is 1180. The predicted molar refractivity (Wildman–Crippen MR) is 115 cm³/mol. The summed E-state index contributed by atoms with van der Waals surface area (Å²) in [5.74, 6) is -0.100. The lowest BCUT2D eigenvalue weighted by Crippen LogP contribution is -2.11. The molecule has 0 fully saturated rings. The first-order valence-electron chi connectivity index (χ1n) is 9.29. The van der Waals surface area contributed by atoms with E-state index < -0.39 is 12.2 Å². The Morgan fingerprint density at radius 3 is 1.70 bits per heavy atom. The molecule has 0 bridgehead atoms. The number of nitriles is 1. The van der Waals surface area contributed by atoms with E-state index in [0.29, 0.717) is 22.7 Å². The summed E-state index contributed by atoms with van der Waals surface area (Å²) in [7, 11) is 0. The quantitative estimate of drug-likeness (QED) is 0.380. The summed E-state index contributed by atoms with van der Waals surface area (Å²) in [6.45, 7) is 0.0788. The van der Waals surface area contributed by atoms with Crippen LogP contribution in [0.5, 0.6) is 0 Å². The van der Waals surface area contributed by atoms with Crippen LogP contribution in [0.3, 0.4) is 0 Å². The molecule has 4 aromatic rings. The highest BCUT2D eigenvalue weighted by atomic mass is 19.1. The number of aliphatic hydroxyl groups is 2. The molecule has 4 rings (SSSR count). The van der Waals surface area contributed by atoms with E-state index in [1.54, 1.807) is 18.2 Å². The molecule has 0 saturated carbocycles. The molecule has 4 N–H and O–H groups in total. The SMILES string of the molecule is C.N#CC(O)c1coc(-c2ccc(F)cc2)n1.NCC(O)c1coc(-c2ccc(F)cc2)n1. The van der Waals surface area contributed by atoms with Crippen molar-refractivity contribution in [1.82, 2.24) is 9.97 Å². The van der Waals surface area contributed by atoms with Crippen LogP contribution in [0.25, 0.3) is 22.9 Å². The van der Waals surface area contributed by atoms with E-state index in [2.05, 4.69) is 9.97 Å². The summed E-state index contributed by atoms with van der Waals surface area (Å²) in [5, 5.41) is 27.1. The Morgan fingerprint density at radius 1 is 0.848 bits per heavy atom. The van der Waals surface area contributed by atoms with E-state index in [0.717, 1.165) is 0 Å². The third-order valence-electron chi connectivity index (χ3n) is 4.19. The molecule has 172 valence electrons. The predicted octanol–water partition coefficient (Wildman–Crippen LogP) is 4.15. The highest BCUT2D eigenvalue weighted by molar-refractivity contribution is 5.53. The molecule has 0 saturated heterocycles. The van der Waals surface area contributed by atoms with Crippen molar-refractivity contribution >= 4 is 0 Å². The number of oxazole rings is 2. The topological polar surface area (TPSA) is 142 Å². The van der Waals surface area contributed by atoms with Crippen LogP contribution in [0.15, 0.2) is 69.9 Å². The van der Waals surface area contributed by atoms with Gasteiger partial charge >= 0.3 is 0 Å². The molecule has 0 aliphatic rings. The van der Waals surface area contributed by atoms with Gasteiger partial charge in [0.05, 0.1) is 0 Å². The lowest BCUT2D eigenvalue weighted by Gasteiger charge is -2.00. The smallest absolute Gasteiger partial charge is 0.226 e. The number of aromatic nitrogens is 2. The van der Waals surface area contributed by atoms with E-state index in [4.69, 9.17) is 19.8 Å². The molecule has 2 aromatic carbocycles. The standard InChI is InChI=1S/C11H11FN2O2.C11H7FN2O2.CH4/c2*12-8-3-1-7(2-4-8)11-14-9(6-16-11)10(15)5-13;/h1-4,6,10,15H,5,13H2;1-4,6,10,15H;1H4. The number of hydrogen-bond acceptors (Lipinski definition) is 8. The second-order valence-corrected chi connectivity index (χ2v) is 6.45. The summed E-state index contributed by atoms with van der Waals surface area (Å²) in [4.78, 5) is 7.98. The molecule has 2 aromatic heterocycles. The van der Waals surface area contributed by atoms with Gasteiger partial charge in [-0.2, -0.15) is 5.26 Å². The maximum absolute atomic E-state index is 12.7. The Hall–Kier alpha value is -3.91. The average Bonchev–Trinajstić information content (AvgIpc) is 3.50. The molecule has 0 aliphatic carbocycles. The van der Waals surface area contributed by atoms with Crippen LogP contribution < -0.4 is 5.73 Å². The zero-order valence-corrected chi connectivity index (χ0v) is 16.5. The van der Waals surface area contributed by atoms with Crippen LogP contribution in [0, 0.1) is 23.0 Å². The van der Waals surface area contributed by atoms with Crippen LogP contribution >= 0.6 is 0 Å². The first-order chi connectivity index (χ1) is 15.4. The van der Waals surface area contributed by atoms with Crippen LogP contribution in [-0.4, -0.2) is 26.7 Å². The molecule has 8 nitrogen and oxygen atoms in total. The third-order valence-corrected chi connectivity index (χ3v) is 4.19. The van der Waals surface area contributed by atoms with Gasteiger partial charge in [0.15, 0.2) is 6.10 Å². The van der Waals surface area contributed by atoms with Crippen molar-refractivity contribution in [1.29, 1.82) is 5.26 Å². The Morgan fingerprint density at radius 2 is 1.27 bits per heavy atom. The van der Waals surface area contributed by atoms with Gasteiger partial charge in [0.1, 0.15) is 47.7 Å². The minimum atomic E-state index is -1.31. The molecule has 2 atom stereocenters. The van der Waals surface area contributed by atoms with Gasteiger partial charge in [0, 0.05) is 17.7 Å². The molecule has 0 radical (unpaired) electrons. The molecule has 33 heavy (non-hydrogen) atoms. The Kier molecular flexibility index (Phi) is 8.94. The van der Waals surface area contributed by atoms with Crippen LogP contribution in [0.4, 0.5) is 8.78 Å². The number of halogens is 2. The van der Waals surface area contributed by atoms with Gasteiger partial charge < -0.3 is 24.8 Å². The lowest BCUT2D eigenvalue weighted by atomic mass is 10.2. The van der Waals surface area contributed by atoms with Gasteiger partial charge in [-0.15, -0.1) is 0 Å². The largest absolute Gasteiger partial charge is 0.444 e. The van der Waals surface area contributed by atoms with Gasteiger partial charge in [0.2, 0.25) is 11.8 Å². The Labute approximate surface area is 188 Å². The number of nitrogens with two attached hydrogens (primary N) is 1. The monoisotopic (exact) mass is 456 g/mol. The highest BCUT2D eigenvalue weighted by Crippen LogP contribution is 2.22. The number of aliphatic hydroxyl groups excluding tert-OH is 2. The number of hydrogen-bond donors (Lipinski definition) is 3. The summed E-state index contributed by atoms with van der Waals surface area (Å²) in [6.07, 6.45) is 0.402. The van der Waals surface area contributed by atoms with Gasteiger partial charge in [-0.05, 0) is 48.5 Å². The maximum atomic E-state index is 12.7. The molecule has 2 heterocycles. The maximum Gasteiger partial charge on any atom is 0.226 e. The number of nitrogens with zero attached hydrogens (tertiary/aromatic N) is 3. The summed E-state index contributed by atoms with van der Waals surface area (Å²) in [6, 6.07) is 12.9. The van der Waals surface area contributed by atoms with Gasteiger partial charge in [-0.25, -0.2) is 18.7 Å². The van der Waals surface area contributed by atoms with E-state index in [9.17, 15) is 19.0 Å². The first kappa shape index (κ1) is 25.4. The van der Waals surface area contributed by atoms with Crippen molar-refractivity contribution in [2.75, 3.05) is 6.54 Å². The van der Waals surface area contributed by atoms with E-state index in [-0.39, 0.29) is 37.2 Å². The molecular formula is C23H22F2N4O4. The fourth-order valence-electron chi connectivity index (χ4n) is 2.49. The van der Waals surface area contributed by atoms with Gasteiger partial charge in [0.25, 0.3) is 0 Å². The number of rotatable bonds is 5. The fraction of sp³-hybridized carbons (Fsp3) is 0.174. The minimum Gasteiger partial charge on any atom is -0.444 e. The zero-order valence-electron chi connectivity index (χ0n) is 16.5. The van der Waals surface area contributed by atoms with Crippen molar-refractivity contribution in [2.45, 2.75) is 19.6 Å². The zero-order chi connectivity index (χ0) is 23.1. The Balaban J connectivity index is 0.000000227. The summed E-state index contributed by atoms with van der Waals surface area (Å²) < 4.78 is 35.6. The van der Waals surface area contributed by atoms with E-state index >= 15 is 0 Å². The van der Waals surface area contributed by atoms with Crippen molar-refractivity contribution in [3.8, 4) is 29.0 Å². The molecule has 0 spiro atoms. The van der Waals surface area contributed by atoms with Crippen molar-refractivity contribution in [3.05, 3.63) is 84.1 Å². The lowest BCUT2D eigenvalue weighted by molar-refractivity contribution is 0.181. The van der Waals surface area contributed by atoms with Gasteiger partial charge in [-0.1, -0.05) is 7.43 Å². The van der Waals surface area contributed by atoms with E-state index in [1.807, 2.05) is 0 Å². The van der Waals surface area contributed by atoms with Gasteiger partial charge in [-0.3, -0.25) is 0 Å². The van der Waals surface area contributed by atoms with Crippen LogP contribution in [-0.2, 0) is 0 Å². The molecule has 0 aliphatic heterocycles. The summed E-state index contributed by atoms with van der Waals surface area (Å²) >= 11 is 0. The molecular weight excluding hydrogens is 434 g/mol. The molecule has 2 unspecified atom stereocenters. The molecule has 0 amide bonds. The second kappa shape index (κ2) is 11.6. The second-order valence-electron chi connectivity index (χ2n) is 6.45. The van der Waals surface area contributed by atoms with E-state index in [1.165, 1.54) is 48.9 Å². The van der Waals surface area contributed by atoms with Crippen molar-refractivity contribution in [3.63, 3.8) is 0 Å². The normalized spacial score (nSPS) is 12.0. The third kappa shape index (κ3) is 6.54. The minimum absolute atomic E-state index is 0. The van der Waals surface area contributed by atoms with Crippen molar-refractivity contribution in [2.24, 2.45) is 5.73 Å². The highest BCUT2D eigenvalue weighted by Gasteiger charge is 2.14. The van der Waals surface area contributed by atoms with Crippen LogP contribution in [0.1, 0.15) is 31.0 Å². The summed E-state index contributed by atoms with van der Waals surface area (Å²) in [5.41, 5.74) is 7.04.